The van der Waals surface area contributed by atoms with E-state index in [0.717, 1.165) is 16.0 Å². The van der Waals surface area contributed by atoms with Gasteiger partial charge in [-0.05, 0) is 125 Å². The first kappa shape index (κ1) is 24.2. The van der Waals surface area contributed by atoms with Gasteiger partial charge >= 0.3 is 0 Å². The maximum Gasteiger partial charge on any atom is 0.121 e. The maximum atomic E-state index is 9.69. The van der Waals surface area contributed by atoms with Gasteiger partial charge in [0.1, 0.15) is 5.75 Å². The quantitative estimate of drug-likeness (QED) is 0.491. The van der Waals surface area contributed by atoms with Crippen LogP contribution >= 0.6 is 12.6 Å². The Morgan fingerprint density at radius 1 is 0.440 bits per heavy atom. The van der Waals surface area contributed by atoms with E-state index in [9.17, 15) is 5.11 Å². The largest absolute Gasteiger partial charge is 0.507 e. The average Bonchev–Trinajstić information content (AvgIpc) is 2.58. The zero-order valence-corrected chi connectivity index (χ0v) is 19.6. The van der Waals surface area contributed by atoms with Crippen molar-refractivity contribution in [2.45, 2.75) is 74.1 Å². The normalized spacial score (nSPS) is 10.0. The van der Waals surface area contributed by atoms with Crippen LogP contribution in [0.4, 0.5) is 0 Å². The molecule has 0 fully saturated rings. The Morgan fingerprint density at radius 2 is 0.640 bits per heavy atom. The summed E-state index contributed by atoms with van der Waals surface area (Å²) in [6, 6.07) is 0. The fourth-order valence-electron chi connectivity index (χ4n) is 2.96. The Balaban J connectivity index is 0.000000443. The van der Waals surface area contributed by atoms with Crippen LogP contribution < -0.4 is 0 Å². The predicted molar refractivity (Wildman–Crippen MR) is 109 cm³/mol. The number of hydrogen-bond donors (Lipinski definition) is 2. The van der Waals surface area contributed by atoms with Crippen molar-refractivity contribution in [3.63, 3.8) is 0 Å². The predicted octanol–water partition coefficient (Wildman–Crippen LogP) is 6.45. The second-order valence-corrected chi connectivity index (χ2v) is 7.39. The Hall–Kier alpha value is -0.826. The molecule has 0 saturated heterocycles. The molecule has 1 nitrogen and oxygen atoms in total. The van der Waals surface area contributed by atoms with E-state index in [-0.39, 0.29) is 18.6 Å². The molecule has 0 aromatic heterocycles. The van der Waals surface area contributed by atoms with Crippen LogP contribution in [-0.2, 0) is 18.6 Å². The van der Waals surface area contributed by atoms with E-state index in [0.29, 0.717) is 5.75 Å². The molecule has 2 rings (SSSR count). The molecule has 0 spiro atoms. The standard InChI is InChI=1S/C11H16O.C11H16S.V/c2*1-6-7(2)9(4)11(12)10(5)8(6)3;/h2*12H,1-5H3;. The second-order valence-electron chi connectivity index (χ2n) is 6.95. The number of aromatic hydroxyl groups is 1. The van der Waals surface area contributed by atoms with E-state index < -0.39 is 0 Å². The van der Waals surface area contributed by atoms with Crippen molar-refractivity contribution in [1.82, 2.24) is 0 Å². The first-order valence-corrected chi connectivity index (χ1v) is 8.89. The summed E-state index contributed by atoms with van der Waals surface area (Å²) >= 11 is 4.50. The summed E-state index contributed by atoms with van der Waals surface area (Å²) in [7, 11) is 0. The molecule has 0 unspecified atom stereocenters. The van der Waals surface area contributed by atoms with Gasteiger partial charge in [-0.15, -0.1) is 12.6 Å². The fourth-order valence-corrected chi connectivity index (χ4v) is 3.30. The monoisotopic (exact) mass is 395 g/mol. The van der Waals surface area contributed by atoms with Crippen molar-refractivity contribution in [2.75, 3.05) is 0 Å². The molecule has 1 N–H and O–H groups in total. The molecule has 2 aromatic carbocycles. The SMILES string of the molecule is Cc1c(C)c(C)c(O)c(C)c1C.Cc1c(C)c(C)c(S)c(C)c1C.[V]. The number of rotatable bonds is 0. The van der Waals surface area contributed by atoms with Crippen LogP contribution in [0, 0.1) is 69.2 Å². The third kappa shape index (κ3) is 4.67. The van der Waals surface area contributed by atoms with E-state index in [4.69, 9.17) is 0 Å². The number of benzene rings is 2. The minimum absolute atomic E-state index is 0. The van der Waals surface area contributed by atoms with Crippen LogP contribution in [0.2, 0.25) is 0 Å². The number of phenolic OH excluding ortho intramolecular Hbond substituents is 1. The number of thiol groups is 1. The third-order valence-electron chi connectivity index (χ3n) is 5.92. The summed E-state index contributed by atoms with van der Waals surface area (Å²) < 4.78 is 0. The smallest absolute Gasteiger partial charge is 0.121 e. The van der Waals surface area contributed by atoms with Crippen molar-refractivity contribution in [3.05, 3.63) is 55.6 Å². The van der Waals surface area contributed by atoms with E-state index in [2.05, 4.69) is 68.0 Å². The van der Waals surface area contributed by atoms with Gasteiger partial charge in [0.2, 0.25) is 0 Å². The van der Waals surface area contributed by atoms with E-state index in [1.54, 1.807) is 0 Å². The second kappa shape index (κ2) is 9.21. The Morgan fingerprint density at radius 3 is 0.920 bits per heavy atom. The van der Waals surface area contributed by atoms with Gasteiger partial charge in [-0.25, -0.2) is 0 Å². The molecule has 0 bridgehead atoms. The first-order valence-electron chi connectivity index (χ1n) is 8.45. The van der Waals surface area contributed by atoms with Gasteiger partial charge in [0.25, 0.3) is 0 Å². The van der Waals surface area contributed by atoms with Crippen LogP contribution in [0.25, 0.3) is 0 Å². The zero-order chi connectivity index (χ0) is 18.9. The fraction of sp³-hybridized carbons (Fsp3) is 0.455. The maximum absolute atomic E-state index is 9.69. The van der Waals surface area contributed by atoms with Gasteiger partial charge in [0, 0.05) is 23.5 Å². The van der Waals surface area contributed by atoms with Crippen LogP contribution in [0.5, 0.6) is 5.75 Å². The van der Waals surface area contributed by atoms with Crippen LogP contribution in [0.15, 0.2) is 4.90 Å². The molecular weight excluding hydrogens is 363 g/mol. The van der Waals surface area contributed by atoms with Crippen LogP contribution in [-0.4, -0.2) is 5.11 Å². The molecule has 0 saturated carbocycles. The van der Waals surface area contributed by atoms with Gasteiger partial charge in [0.15, 0.2) is 0 Å². The molecule has 0 aliphatic rings. The van der Waals surface area contributed by atoms with Crippen LogP contribution in [0.1, 0.15) is 55.6 Å². The number of hydrogen-bond acceptors (Lipinski definition) is 2. The summed E-state index contributed by atoms with van der Waals surface area (Å²) in [6.07, 6.45) is 0. The van der Waals surface area contributed by atoms with Gasteiger partial charge in [-0.3, -0.25) is 0 Å². The molecule has 1 radical (unpaired) electrons. The topological polar surface area (TPSA) is 20.2 Å². The molecule has 3 heteroatoms. The van der Waals surface area contributed by atoms with Gasteiger partial charge in [-0.2, -0.15) is 0 Å². The van der Waals surface area contributed by atoms with E-state index >= 15 is 0 Å². The average molecular weight is 396 g/mol. The molecule has 0 amide bonds. The minimum atomic E-state index is 0. The summed E-state index contributed by atoms with van der Waals surface area (Å²) in [4.78, 5) is 1.15. The Bertz CT molecular complexity index is 514. The van der Waals surface area contributed by atoms with Crippen LogP contribution in [0.3, 0.4) is 0 Å². The molecular formula is C22H32OSV. The number of phenols is 1. The molecule has 137 valence electrons. The zero-order valence-electron chi connectivity index (χ0n) is 17.3. The summed E-state index contributed by atoms with van der Waals surface area (Å²) in [5, 5.41) is 9.69. The molecule has 0 heterocycles. The van der Waals surface area contributed by atoms with Gasteiger partial charge in [0.05, 0.1) is 0 Å². The third-order valence-corrected chi connectivity index (χ3v) is 6.59. The molecule has 0 aliphatic carbocycles. The molecule has 0 atom stereocenters. The first-order chi connectivity index (χ1) is 10.9. The Kier molecular flexibility index (Phi) is 8.91. The minimum Gasteiger partial charge on any atom is -0.507 e. The molecule has 25 heavy (non-hydrogen) atoms. The summed E-state index contributed by atoms with van der Waals surface area (Å²) in [5.41, 5.74) is 12.5. The van der Waals surface area contributed by atoms with Crippen molar-refractivity contribution >= 4 is 12.6 Å². The van der Waals surface area contributed by atoms with Crippen molar-refractivity contribution in [1.29, 1.82) is 0 Å². The van der Waals surface area contributed by atoms with Crippen molar-refractivity contribution in [2.24, 2.45) is 0 Å². The summed E-state index contributed by atoms with van der Waals surface area (Å²) in [6.45, 7) is 20.9. The van der Waals surface area contributed by atoms with Gasteiger partial charge in [-0.1, -0.05) is 0 Å². The van der Waals surface area contributed by atoms with E-state index in [1.807, 2.05) is 13.8 Å². The Labute approximate surface area is 171 Å². The molecule has 2 aromatic rings. The summed E-state index contributed by atoms with van der Waals surface area (Å²) in [5.74, 6) is 0.454. The molecule has 0 aliphatic heterocycles. The van der Waals surface area contributed by atoms with Gasteiger partial charge < -0.3 is 5.11 Å². The van der Waals surface area contributed by atoms with Crippen molar-refractivity contribution in [3.8, 4) is 5.75 Å². The van der Waals surface area contributed by atoms with E-state index in [1.165, 1.54) is 44.5 Å². The van der Waals surface area contributed by atoms with Crippen molar-refractivity contribution < 1.29 is 23.7 Å².